The minimum Gasteiger partial charge on any atom is -0.0908 e. The third kappa shape index (κ3) is 1.56. The molecule has 0 nitrogen and oxygen atoms in total. The van der Waals surface area contributed by atoms with Crippen molar-refractivity contribution >= 4 is 27.0 Å². The standard InChI is InChI=1S/C12H16P2/c1-7-5-13-11(9(7)3)12-10(4)8(2)6-14-12/h5-6H2,1-4H3. The van der Waals surface area contributed by atoms with Crippen LogP contribution in [0.25, 0.3) is 0 Å². The van der Waals surface area contributed by atoms with Crippen LogP contribution >= 0.6 is 16.4 Å². The molecule has 0 unspecified atom stereocenters. The topological polar surface area (TPSA) is 0 Å². The molecule has 2 heteroatoms. The summed E-state index contributed by atoms with van der Waals surface area (Å²) < 4.78 is 0. The summed E-state index contributed by atoms with van der Waals surface area (Å²) in [6, 6.07) is 0. The summed E-state index contributed by atoms with van der Waals surface area (Å²) in [6.45, 7) is 9.11. The van der Waals surface area contributed by atoms with Crippen molar-refractivity contribution in [3.63, 3.8) is 0 Å². The highest BCUT2D eigenvalue weighted by molar-refractivity contribution is 7.55. The molecule has 0 aromatic heterocycles. The number of hydrogen-bond acceptors (Lipinski definition) is 0. The van der Waals surface area contributed by atoms with Crippen molar-refractivity contribution in [3.8, 4) is 0 Å². The van der Waals surface area contributed by atoms with Gasteiger partial charge in [0.1, 0.15) is 0 Å². The average molecular weight is 222 g/mol. The van der Waals surface area contributed by atoms with Gasteiger partial charge in [-0.2, -0.15) is 0 Å². The van der Waals surface area contributed by atoms with Gasteiger partial charge in [0.05, 0.1) is 0 Å². The molecule has 74 valence electrons. The summed E-state index contributed by atoms with van der Waals surface area (Å²) in [5, 5.41) is 3.25. The van der Waals surface area contributed by atoms with Crippen molar-refractivity contribution in [1.82, 2.24) is 0 Å². The molecule has 2 heterocycles. The van der Waals surface area contributed by atoms with Crippen LogP contribution < -0.4 is 0 Å². The SMILES string of the molecule is CC1=C(C)C(C2=PCC(C)=C2C)=PC1. The molecule has 0 saturated carbocycles. The highest BCUT2D eigenvalue weighted by Crippen LogP contribution is 2.33. The molecule has 0 aliphatic carbocycles. The molecule has 0 radical (unpaired) electrons. The molecule has 2 rings (SSSR count). The van der Waals surface area contributed by atoms with Gasteiger partial charge in [-0.1, -0.05) is 27.6 Å². The van der Waals surface area contributed by atoms with Crippen LogP contribution in [0.2, 0.25) is 0 Å². The second-order valence-electron chi connectivity index (χ2n) is 4.14. The maximum Gasteiger partial charge on any atom is 0.0126 e. The van der Waals surface area contributed by atoms with E-state index in [0.29, 0.717) is 0 Å². The number of allylic oxidation sites excluding steroid dienone is 4. The first-order chi connectivity index (χ1) is 6.61. The van der Waals surface area contributed by atoms with Gasteiger partial charge < -0.3 is 0 Å². The Balaban J connectivity index is 2.37. The van der Waals surface area contributed by atoms with E-state index in [1.54, 1.807) is 32.9 Å². The van der Waals surface area contributed by atoms with Crippen molar-refractivity contribution in [1.29, 1.82) is 0 Å². The van der Waals surface area contributed by atoms with E-state index in [1.807, 2.05) is 0 Å². The Bertz CT molecular complexity index is 366. The van der Waals surface area contributed by atoms with Crippen molar-refractivity contribution < 1.29 is 0 Å². The highest BCUT2D eigenvalue weighted by Gasteiger charge is 2.20. The van der Waals surface area contributed by atoms with Gasteiger partial charge in [-0.15, -0.1) is 0 Å². The second kappa shape index (κ2) is 3.76. The third-order valence-electron chi connectivity index (χ3n) is 3.16. The normalized spacial score (nSPS) is 24.3. The Morgan fingerprint density at radius 2 is 1.07 bits per heavy atom. The summed E-state index contributed by atoms with van der Waals surface area (Å²) in [5.41, 5.74) is 6.29. The Kier molecular flexibility index (Phi) is 2.78. The zero-order chi connectivity index (χ0) is 10.3. The van der Waals surface area contributed by atoms with Crippen LogP contribution in [0, 0.1) is 0 Å². The monoisotopic (exact) mass is 222 g/mol. The molecule has 0 saturated heterocycles. The van der Waals surface area contributed by atoms with Crippen LogP contribution in [0.5, 0.6) is 0 Å². The lowest BCUT2D eigenvalue weighted by molar-refractivity contribution is 1.35. The zero-order valence-corrected chi connectivity index (χ0v) is 11.1. The molecule has 14 heavy (non-hydrogen) atoms. The van der Waals surface area contributed by atoms with E-state index in [1.165, 1.54) is 28.7 Å². The van der Waals surface area contributed by atoms with E-state index in [4.69, 9.17) is 0 Å². The molecule has 2 aliphatic heterocycles. The first-order valence-electron chi connectivity index (χ1n) is 5.04. The largest absolute Gasteiger partial charge is 0.0908 e. The van der Waals surface area contributed by atoms with Crippen molar-refractivity contribution in [2.24, 2.45) is 0 Å². The van der Waals surface area contributed by atoms with Crippen molar-refractivity contribution in [3.05, 3.63) is 22.3 Å². The van der Waals surface area contributed by atoms with Gasteiger partial charge in [-0.25, -0.2) is 0 Å². The Hall–Kier alpha value is -0.180. The molecule has 0 aromatic rings. The predicted octanol–water partition coefficient (Wildman–Crippen LogP) is 3.92. The molecule has 0 amide bonds. The summed E-state index contributed by atoms with van der Waals surface area (Å²) in [6.07, 6.45) is 2.51. The van der Waals surface area contributed by atoms with Crippen LogP contribution in [-0.2, 0) is 0 Å². The third-order valence-corrected chi connectivity index (χ3v) is 6.36. The van der Waals surface area contributed by atoms with Gasteiger partial charge in [-0.05, 0) is 38.8 Å². The quantitative estimate of drug-likeness (QED) is 0.590. The van der Waals surface area contributed by atoms with Gasteiger partial charge in [0, 0.05) is 22.9 Å². The maximum atomic E-state index is 2.29. The fraction of sp³-hybridized carbons (Fsp3) is 0.500. The van der Waals surface area contributed by atoms with Crippen LogP contribution in [-0.4, -0.2) is 22.9 Å². The number of rotatable bonds is 1. The Morgan fingerprint density at radius 1 is 0.714 bits per heavy atom. The van der Waals surface area contributed by atoms with Gasteiger partial charge >= 0.3 is 0 Å². The fourth-order valence-corrected chi connectivity index (χ4v) is 4.96. The first-order valence-corrected chi connectivity index (χ1v) is 7.20. The molecule has 0 bridgehead atoms. The summed E-state index contributed by atoms with van der Waals surface area (Å²) >= 11 is 0. The van der Waals surface area contributed by atoms with Gasteiger partial charge in [0.2, 0.25) is 0 Å². The molecular weight excluding hydrogens is 206 g/mol. The molecule has 0 N–H and O–H groups in total. The van der Waals surface area contributed by atoms with Crippen LogP contribution in [0.4, 0.5) is 0 Å². The lowest BCUT2D eigenvalue weighted by Crippen LogP contribution is -2.10. The van der Waals surface area contributed by atoms with E-state index in [2.05, 4.69) is 27.7 Å². The molecular formula is C12H16P2. The average Bonchev–Trinajstić information content (AvgIpc) is 2.63. The first kappa shape index (κ1) is 10.3. The van der Waals surface area contributed by atoms with E-state index in [0.717, 1.165) is 0 Å². The highest BCUT2D eigenvalue weighted by atomic mass is 31.1. The zero-order valence-electron chi connectivity index (χ0n) is 9.31. The minimum absolute atomic E-state index is 1.26. The van der Waals surface area contributed by atoms with Crippen molar-refractivity contribution in [2.75, 3.05) is 12.3 Å². The predicted molar refractivity (Wildman–Crippen MR) is 70.3 cm³/mol. The second-order valence-corrected chi connectivity index (χ2v) is 6.30. The summed E-state index contributed by atoms with van der Waals surface area (Å²) in [4.78, 5) is 0. The molecule has 2 aliphatic rings. The van der Waals surface area contributed by atoms with E-state index in [-0.39, 0.29) is 0 Å². The summed E-state index contributed by atoms with van der Waals surface area (Å²) in [5.74, 6) is 0. The van der Waals surface area contributed by atoms with Crippen LogP contribution in [0.1, 0.15) is 27.7 Å². The summed E-state index contributed by atoms with van der Waals surface area (Å²) in [7, 11) is 3.06. The van der Waals surface area contributed by atoms with Gasteiger partial charge in [0.15, 0.2) is 0 Å². The van der Waals surface area contributed by atoms with Crippen LogP contribution in [0.3, 0.4) is 0 Å². The molecule has 0 atom stereocenters. The minimum atomic E-state index is 1.26. The fourth-order valence-electron chi connectivity index (χ4n) is 1.78. The van der Waals surface area contributed by atoms with Crippen LogP contribution in [0.15, 0.2) is 22.3 Å². The number of hydrogen-bond donors (Lipinski definition) is 0. The Morgan fingerprint density at radius 3 is 1.29 bits per heavy atom. The smallest absolute Gasteiger partial charge is 0.0126 e. The molecule has 0 aromatic carbocycles. The lowest BCUT2D eigenvalue weighted by Gasteiger charge is -2.07. The van der Waals surface area contributed by atoms with Gasteiger partial charge in [0.25, 0.3) is 0 Å². The van der Waals surface area contributed by atoms with Crippen molar-refractivity contribution in [2.45, 2.75) is 27.7 Å². The maximum absolute atomic E-state index is 2.29. The van der Waals surface area contributed by atoms with E-state index < -0.39 is 0 Å². The molecule has 0 fully saturated rings. The van der Waals surface area contributed by atoms with E-state index in [9.17, 15) is 0 Å². The lowest BCUT2D eigenvalue weighted by atomic mass is 10.0. The Labute approximate surface area is 89.7 Å². The van der Waals surface area contributed by atoms with Gasteiger partial charge in [-0.3, -0.25) is 0 Å². The molecule has 0 spiro atoms. The van der Waals surface area contributed by atoms with E-state index >= 15 is 0 Å².